The number of alkyl halides is 1. The molecule has 15 heavy (non-hydrogen) atoms. The van der Waals surface area contributed by atoms with Crippen LogP contribution in [0.1, 0.15) is 25.1 Å². The fourth-order valence-electron chi connectivity index (χ4n) is 1.30. The van der Waals surface area contributed by atoms with Gasteiger partial charge in [-0.25, -0.2) is 0 Å². The van der Waals surface area contributed by atoms with Crippen molar-refractivity contribution in [3.05, 3.63) is 29.6 Å². The highest BCUT2D eigenvalue weighted by atomic mass is 35.5. The molecule has 0 bridgehead atoms. The van der Waals surface area contributed by atoms with Crippen molar-refractivity contribution in [2.45, 2.75) is 33.4 Å². The fraction of sp³-hybridized carbons (Fsp3) is 0.583. The Balaban J connectivity index is 2.47. The largest absolute Gasteiger partial charge is 0.308 e. The van der Waals surface area contributed by atoms with Gasteiger partial charge in [0.15, 0.2) is 0 Å². The van der Waals surface area contributed by atoms with Gasteiger partial charge in [0.25, 0.3) is 0 Å². The standard InChI is InChI=1S/C12H19ClN2/c1-9-5-4-6-14-12(9)8-15-11(3)10(2)7-13/h4-6,10-11,15H,7-8H2,1-3H3. The zero-order chi connectivity index (χ0) is 11.3. The van der Waals surface area contributed by atoms with E-state index in [4.69, 9.17) is 11.6 Å². The van der Waals surface area contributed by atoms with Gasteiger partial charge in [-0.1, -0.05) is 13.0 Å². The van der Waals surface area contributed by atoms with Crippen molar-refractivity contribution in [1.29, 1.82) is 0 Å². The van der Waals surface area contributed by atoms with Crippen LogP contribution in [-0.2, 0) is 6.54 Å². The van der Waals surface area contributed by atoms with Gasteiger partial charge in [-0.3, -0.25) is 4.98 Å². The predicted molar refractivity (Wildman–Crippen MR) is 65.2 cm³/mol. The Morgan fingerprint density at radius 1 is 1.47 bits per heavy atom. The summed E-state index contributed by atoms with van der Waals surface area (Å²) < 4.78 is 0. The van der Waals surface area contributed by atoms with Crippen LogP contribution in [0.5, 0.6) is 0 Å². The number of aromatic nitrogens is 1. The third kappa shape index (κ3) is 3.80. The lowest BCUT2D eigenvalue weighted by Crippen LogP contribution is -2.32. The van der Waals surface area contributed by atoms with E-state index in [9.17, 15) is 0 Å². The van der Waals surface area contributed by atoms with E-state index >= 15 is 0 Å². The third-order valence-electron chi connectivity index (χ3n) is 2.81. The molecule has 84 valence electrons. The maximum Gasteiger partial charge on any atom is 0.0570 e. The number of hydrogen-bond acceptors (Lipinski definition) is 2. The molecule has 1 aromatic heterocycles. The minimum atomic E-state index is 0.420. The lowest BCUT2D eigenvalue weighted by atomic mass is 10.1. The van der Waals surface area contributed by atoms with Gasteiger partial charge in [-0.05, 0) is 31.4 Å². The predicted octanol–water partition coefficient (Wildman–Crippen LogP) is 2.74. The number of aryl methyl sites for hydroxylation is 1. The van der Waals surface area contributed by atoms with Gasteiger partial charge < -0.3 is 5.32 Å². The number of hydrogen-bond donors (Lipinski definition) is 1. The van der Waals surface area contributed by atoms with Crippen LogP contribution in [0.4, 0.5) is 0 Å². The maximum absolute atomic E-state index is 5.80. The molecule has 0 amide bonds. The smallest absolute Gasteiger partial charge is 0.0570 e. The number of nitrogens with zero attached hydrogens (tertiary/aromatic N) is 1. The molecular formula is C12H19ClN2. The lowest BCUT2D eigenvalue weighted by Gasteiger charge is -2.19. The first-order valence-corrected chi connectivity index (χ1v) is 5.88. The molecule has 0 spiro atoms. The summed E-state index contributed by atoms with van der Waals surface area (Å²) in [7, 11) is 0. The average Bonchev–Trinajstić information content (AvgIpc) is 2.26. The quantitative estimate of drug-likeness (QED) is 0.781. The monoisotopic (exact) mass is 226 g/mol. The highest BCUT2D eigenvalue weighted by Crippen LogP contribution is 2.07. The van der Waals surface area contributed by atoms with Gasteiger partial charge in [0.1, 0.15) is 0 Å². The molecule has 1 aromatic rings. The van der Waals surface area contributed by atoms with Crippen molar-refractivity contribution in [2.75, 3.05) is 5.88 Å². The van der Waals surface area contributed by atoms with Gasteiger partial charge in [-0.2, -0.15) is 0 Å². The number of nitrogens with one attached hydrogen (secondary N) is 1. The maximum atomic E-state index is 5.80. The van der Waals surface area contributed by atoms with Crippen molar-refractivity contribution in [3.8, 4) is 0 Å². The van der Waals surface area contributed by atoms with Crippen molar-refractivity contribution in [2.24, 2.45) is 5.92 Å². The number of halogens is 1. The van der Waals surface area contributed by atoms with E-state index in [1.54, 1.807) is 0 Å². The van der Waals surface area contributed by atoms with Gasteiger partial charge >= 0.3 is 0 Å². The number of rotatable bonds is 5. The first kappa shape index (κ1) is 12.5. The molecule has 0 saturated heterocycles. The Morgan fingerprint density at radius 2 is 2.20 bits per heavy atom. The van der Waals surface area contributed by atoms with Crippen molar-refractivity contribution in [3.63, 3.8) is 0 Å². The van der Waals surface area contributed by atoms with Crippen LogP contribution in [0.2, 0.25) is 0 Å². The first-order valence-electron chi connectivity index (χ1n) is 5.35. The summed E-state index contributed by atoms with van der Waals surface area (Å²) in [6, 6.07) is 4.47. The van der Waals surface area contributed by atoms with E-state index in [1.165, 1.54) is 5.56 Å². The Morgan fingerprint density at radius 3 is 2.80 bits per heavy atom. The van der Waals surface area contributed by atoms with Gasteiger partial charge in [0, 0.05) is 24.7 Å². The highest BCUT2D eigenvalue weighted by Gasteiger charge is 2.10. The SMILES string of the molecule is Cc1cccnc1CNC(C)C(C)CCl. The molecule has 0 saturated carbocycles. The molecule has 0 fully saturated rings. The molecule has 1 heterocycles. The minimum absolute atomic E-state index is 0.420. The molecule has 0 aliphatic rings. The zero-order valence-electron chi connectivity index (χ0n) is 9.63. The van der Waals surface area contributed by atoms with Crippen LogP contribution >= 0.6 is 11.6 Å². The summed E-state index contributed by atoms with van der Waals surface area (Å²) in [5.74, 6) is 1.17. The van der Waals surface area contributed by atoms with E-state index in [1.807, 2.05) is 12.3 Å². The van der Waals surface area contributed by atoms with Crippen LogP contribution in [0.15, 0.2) is 18.3 Å². The Labute approximate surface area is 97.1 Å². The summed E-state index contributed by atoms with van der Waals surface area (Å²) in [5.41, 5.74) is 2.35. The minimum Gasteiger partial charge on any atom is -0.308 e. The van der Waals surface area contributed by atoms with Crippen molar-refractivity contribution in [1.82, 2.24) is 10.3 Å². The summed E-state index contributed by atoms with van der Waals surface area (Å²) in [4.78, 5) is 4.34. The molecule has 0 aromatic carbocycles. The summed E-state index contributed by atoms with van der Waals surface area (Å²) >= 11 is 5.80. The van der Waals surface area contributed by atoms with Gasteiger partial charge in [0.2, 0.25) is 0 Å². The van der Waals surface area contributed by atoms with E-state index in [-0.39, 0.29) is 0 Å². The van der Waals surface area contributed by atoms with Crippen LogP contribution < -0.4 is 5.32 Å². The molecule has 1 rings (SSSR count). The topological polar surface area (TPSA) is 24.9 Å². The Bertz CT molecular complexity index is 301. The third-order valence-corrected chi connectivity index (χ3v) is 3.29. The molecule has 2 nitrogen and oxygen atoms in total. The fourth-order valence-corrected chi connectivity index (χ4v) is 1.56. The molecule has 1 N–H and O–H groups in total. The van der Waals surface area contributed by atoms with E-state index in [2.05, 4.69) is 37.1 Å². The van der Waals surface area contributed by atoms with Gasteiger partial charge in [0.05, 0.1) is 5.69 Å². The average molecular weight is 227 g/mol. The molecule has 3 heteroatoms. The van der Waals surface area contributed by atoms with Crippen LogP contribution in [0.25, 0.3) is 0 Å². The van der Waals surface area contributed by atoms with Crippen LogP contribution in [0.3, 0.4) is 0 Å². The van der Waals surface area contributed by atoms with Crippen LogP contribution in [-0.4, -0.2) is 16.9 Å². The second kappa shape index (κ2) is 6.09. The molecule has 0 radical (unpaired) electrons. The molecule has 2 atom stereocenters. The van der Waals surface area contributed by atoms with E-state index in [0.29, 0.717) is 17.8 Å². The van der Waals surface area contributed by atoms with Crippen LogP contribution in [0, 0.1) is 12.8 Å². The molecule has 0 aliphatic carbocycles. The van der Waals surface area contributed by atoms with Crippen molar-refractivity contribution < 1.29 is 0 Å². The Kier molecular flexibility index (Phi) is 5.06. The van der Waals surface area contributed by atoms with Crippen molar-refractivity contribution >= 4 is 11.6 Å². The summed E-state index contributed by atoms with van der Waals surface area (Å²) in [5, 5.41) is 3.44. The van der Waals surface area contributed by atoms with E-state index in [0.717, 1.165) is 12.2 Å². The van der Waals surface area contributed by atoms with Gasteiger partial charge in [-0.15, -0.1) is 11.6 Å². The summed E-state index contributed by atoms with van der Waals surface area (Å²) in [6.07, 6.45) is 1.83. The Hall–Kier alpha value is -0.600. The lowest BCUT2D eigenvalue weighted by molar-refractivity contribution is 0.427. The normalized spacial score (nSPS) is 14.9. The number of pyridine rings is 1. The molecule has 2 unspecified atom stereocenters. The zero-order valence-corrected chi connectivity index (χ0v) is 10.4. The first-order chi connectivity index (χ1) is 7.15. The summed E-state index contributed by atoms with van der Waals surface area (Å²) in [6.45, 7) is 7.20. The molecular weight excluding hydrogens is 208 g/mol. The molecule has 0 aliphatic heterocycles. The van der Waals surface area contributed by atoms with E-state index < -0.39 is 0 Å². The second-order valence-electron chi connectivity index (χ2n) is 4.07. The highest BCUT2D eigenvalue weighted by molar-refractivity contribution is 6.18. The second-order valence-corrected chi connectivity index (χ2v) is 4.38.